The van der Waals surface area contributed by atoms with E-state index in [0.717, 1.165) is 15.4 Å². The van der Waals surface area contributed by atoms with Gasteiger partial charge in [-0.3, -0.25) is 4.79 Å². The van der Waals surface area contributed by atoms with Gasteiger partial charge in [-0.25, -0.2) is 0 Å². The van der Waals surface area contributed by atoms with Crippen LogP contribution in [0.2, 0.25) is 0 Å². The summed E-state index contributed by atoms with van der Waals surface area (Å²) in [4.78, 5) is 15.6. The smallest absolute Gasteiger partial charge is 0.195 e. The molecule has 3 rings (SSSR count). The van der Waals surface area contributed by atoms with Gasteiger partial charge < -0.3 is 4.98 Å². The van der Waals surface area contributed by atoms with E-state index in [1.807, 2.05) is 54.7 Å². The second kappa shape index (κ2) is 4.42. The van der Waals surface area contributed by atoms with Crippen LogP contribution in [0.3, 0.4) is 0 Å². The molecule has 0 fully saturated rings. The molecule has 3 heteroatoms. The van der Waals surface area contributed by atoms with E-state index < -0.39 is 0 Å². The van der Waals surface area contributed by atoms with E-state index in [9.17, 15) is 4.79 Å². The molecule has 0 aliphatic heterocycles. The number of carbonyl (C=O) groups is 1. The molecule has 2 nitrogen and oxygen atoms in total. The lowest BCUT2D eigenvalue weighted by atomic mass is 10.0. The molecule has 0 bridgehead atoms. The fourth-order valence-corrected chi connectivity index (χ4v) is 2.50. The Labute approximate surface area is 113 Å². The Hall–Kier alpha value is -1.87. The molecule has 0 saturated carbocycles. The van der Waals surface area contributed by atoms with Gasteiger partial charge in [0.05, 0.1) is 5.52 Å². The number of para-hydroxylation sites is 1. The van der Waals surface area contributed by atoms with Crippen molar-refractivity contribution in [1.29, 1.82) is 0 Å². The van der Waals surface area contributed by atoms with Crippen LogP contribution in [0.4, 0.5) is 0 Å². The van der Waals surface area contributed by atoms with Gasteiger partial charge in [-0.1, -0.05) is 42.5 Å². The fraction of sp³-hybridized carbons (Fsp3) is 0. The van der Waals surface area contributed by atoms with E-state index in [2.05, 4.69) is 20.9 Å². The van der Waals surface area contributed by atoms with Gasteiger partial charge in [0.2, 0.25) is 0 Å². The Kier molecular flexibility index (Phi) is 2.76. The number of fused-ring (bicyclic) bond motifs is 1. The Balaban J connectivity index is 2.18. The molecule has 0 spiro atoms. The second-order valence-electron chi connectivity index (χ2n) is 4.06. The summed E-state index contributed by atoms with van der Waals surface area (Å²) in [6.07, 6.45) is 1.85. The van der Waals surface area contributed by atoms with E-state index in [4.69, 9.17) is 0 Å². The van der Waals surface area contributed by atoms with Crippen molar-refractivity contribution in [3.05, 3.63) is 70.3 Å². The lowest BCUT2D eigenvalue weighted by molar-refractivity contribution is 0.104. The molecule has 1 heterocycles. The summed E-state index contributed by atoms with van der Waals surface area (Å²) in [6.45, 7) is 0. The highest BCUT2D eigenvalue weighted by Crippen LogP contribution is 2.27. The van der Waals surface area contributed by atoms with Crippen LogP contribution >= 0.6 is 15.9 Å². The number of H-pyrrole nitrogens is 1. The van der Waals surface area contributed by atoms with Crippen LogP contribution in [0.15, 0.2) is 59.2 Å². The Morgan fingerprint density at radius 3 is 2.56 bits per heavy atom. The highest BCUT2D eigenvalue weighted by Gasteiger charge is 2.13. The molecular weight excluding hydrogens is 290 g/mol. The third-order valence-electron chi connectivity index (χ3n) is 2.95. The van der Waals surface area contributed by atoms with Crippen molar-refractivity contribution in [2.24, 2.45) is 0 Å². The molecule has 2 aromatic carbocycles. The zero-order valence-corrected chi connectivity index (χ0v) is 11.1. The summed E-state index contributed by atoms with van der Waals surface area (Å²) in [6, 6.07) is 15.0. The summed E-state index contributed by atoms with van der Waals surface area (Å²) >= 11 is 3.46. The predicted octanol–water partition coefficient (Wildman–Crippen LogP) is 4.16. The van der Waals surface area contributed by atoms with Crippen molar-refractivity contribution in [2.75, 3.05) is 0 Å². The lowest BCUT2D eigenvalue weighted by Crippen LogP contribution is -2.01. The minimum Gasteiger partial charge on any atom is -0.359 e. The molecular formula is C15H10BrNO. The molecule has 0 atom stereocenters. The number of aromatic nitrogens is 1. The van der Waals surface area contributed by atoms with Crippen LogP contribution < -0.4 is 0 Å². The normalized spacial score (nSPS) is 10.7. The summed E-state index contributed by atoms with van der Waals surface area (Å²) in [5, 5.41) is 1.02. The monoisotopic (exact) mass is 299 g/mol. The fourth-order valence-electron chi connectivity index (χ4n) is 2.05. The first kappa shape index (κ1) is 11.2. The molecule has 0 radical (unpaired) electrons. The standard InChI is InChI=1S/C15H10BrNO/c16-13-9-17-14-11(13)7-4-8-12(14)15(18)10-5-2-1-3-6-10/h1-9,17H. The molecule has 3 aromatic rings. The first-order valence-electron chi connectivity index (χ1n) is 5.63. The number of benzene rings is 2. The van der Waals surface area contributed by atoms with Gasteiger partial charge >= 0.3 is 0 Å². The molecule has 0 saturated heterocycles. The van der Waals surface area contributed by atoms with E-state index >= 15 is 0 Å². The molecule has 1 aromatic heterocycles. The second-order valence-corrected chi connectivity index (χ2v) is 4.91. The van der Waals surface area contributed by atoms with Crippen LogP contribution in [0, 0.1) is 0 Å². The molecule has 88 valence electrons. The molecule has 1 N–H and O–H groups in total. The first-order valence-corrected chi connectivity index (χ1v) is 6.42. The lowest BCUT2D eigenvalue weighted by Gasteiger charge is -2.02. The van der Waals surface area contributed by atoms with Crippen molar-refractivity contribution in [3.63, 3.8) is 0 Å². The van der Waals surface area contributed by atoms with Gasteiger partial charge in [-0.2, -0.15) is 0 Å². The molecule has 0 aliphatic carbocycles. The average molecular weight is 300 g/mol. The van der Waals surface area contributed by atoms with Crippen LogP contribution in [0.1, 0.15) is 15.9 Å². The Morgan fingerprint density at radius 2 is 1.78 bits per heavy atom. The number of nitrogens with one attached hydrogen (secondary N) is 1. The molecule has 0 aliphatic rings. The van der Waals surface area contributed by atoms with Gasteiger partial charge in [-0.15, -0.1) is 0 Å². The largest absolute Gasteiger partial charge is 0.359 e. The summed E-state index contributed by atoms with van der Waals surface area (Å²) in [5.74, 6) is 0.0375. The first-order chi connectivity index (χ1) is 8.77. The number of hydrogen-bond donors (Lipinski definition) is 1. The van der Waals surface area contributed by atoms with Crippen LogP contribution in [0.5, 0.6) is 0 Å². The van der Waals surface area contributed by atoms with Crippen LogP contribution in [-0.4, -0.2) is 10.8 Å². The van der Waals surface area contributed by atoms with Gasteiger partial charge in [0, 0.05) is 27.2 Å². The summed E-state index contributed by atoms with van der Waals surface area (Å²) in [7, 11) is 0. The number of rotatable bonds is 2. The third kappa shape index (κ3) is 1.77. The summed E-state index contributed by atoms with van der Waals surface area (Å²) < 4.78 is 0.972. The number of aromatic amines is 1. The van der Waals surface area contributed by atoms with Crippen LogP contribution in [0.25, 0.3) is 10.9 Å². The zero-order chi connectivity index (χ0) is 12.5. The van der Waals surface area contributed by atoms with E-state index in [1.165, 1.54) is 0 Å². The summed E-state index contributed by atoms with van der Waals surface area (Å²) in [5.41, 5.74) is 2.28. The maximum absolute atomic E-state index is 12.4. The topological polar surface area (TPSA) is 32.9 Å². The SMILES string of the molecule is O=C(c1ccccc1)c1cccc2c(Br)c[nH]c12. The van der Waals surface area contributed by atoms with Crippen molar-refractivity contribution < 1.29 is 4.79 Å². The van der Waals surface area contributed by atoms with Gasteiger partial charge in [0.15, 0.2) is 5.78 Å². The van der Waals surface area contributed by atoms with Crippen molar-refractivity contribution >= 4 is 32.6 Å². The number of halogens is 1. The van der Waals surface area contributed by atoms with E-state index in [1.54, 1.807) is 0 Å². The Bertz CT molecular complexity index is 716. The maximum Gasteiger partial charge on any atom is 0.195 e. The van der Waals surface area contributed by atoms with Gasteiger partial charge in [0.25, 0.3) is 0 Å². The minimum absolute atomic E-state index is 0.0375. The predicted molar refractivity (Wildman–Crippen MR) is 75.9 cm³/mol. The molecule has 18 heavy (non-hydrogen) atoms. The molecule has 0 unspecified atom stereocenters. The van der Waals surface area contributed by atoms with Crippen molar-refractivity contribution in [2.45, 2.75) is 0 Å². The zero-order valence-electron chi connectivity index (χ0n) is 9.48. The van der Waals surface area contributed by atoms with Crippen molar-refractivity contribution in [1.82, 2.24) is 4.98 Å². The maximum atomic E-state index is 12.4. The van der Waals surface area contributed by atoms with E-state index in [0.29, 0.717) is 11.1 Å². The van der Waals surface area contributed by atoms with Gasteiger partial charge in [0.1, 0.15) is 0 Å². The quantitative estimate of drug-likeness (QED) is 0.708. The van der Waals surface area contributed by atoms with Crippen molar-refractivity contribution in [3.8, 4) is 0 Å². The highest BCUT2D eigenvalue weighted by molar-refractivity contribution is 9.10. The van der Waals surface area contributed by atoms with Crippen LogP contribution in [-0.2, 0) is 0 Å². The number of ketones is 1. The Morgan fingerprint density at radius 1 is 1.00 bits per heavy atom. The average Bonchev–Trinajstić information content (AvgIpc) is 2.81. The highest BCUT2D eigenvalue weighted by atomic mass is 79.9. The number of carbonyl (C=O) groups excluding carboxylic acids is 1. The molecule has 0 amide bonds. The minimum atomic E-state index is 0.0375. The number of hydrogen-bond acceptors (Lipinski definition) is 1. The van der Waals surface area contributed by atoms with Gasteiger partial charge in [-0.05, 0) is 22.0 Å². The van der Waals surface area contributed by atoms with E-state index in [-0.39, 0.29) is 5.78 Å². The third-order valence-corrected chi connectivity index (χ3v) is 3.60.